The second-order valence-electron chi connectivity index (χ2n) is 2.85. The first-order chi connectivity index (χ1) is 6.52. The third-order valence-corrected chi connectivity index (χ3v) is 2.39. The van der Waals surface area contributed by atoms with Gasteiger partial charge in [-0.05, 0) is 22.0 Å². The Balaban J connectivity index is 2.95. The number of halogens is 2. The zero-order chi connectivity index (χ0) is 10.7. The van der Waals surface area contributed by atoms with E-state index in [0.29, 0.717) is 0 Å². The van der Waals surface area contributed by atoms with Crippen molar-refractivity contribution in [1.82, 2.24) is 0 Å². The molecule has 0 aliphatic rings. The van der Waals surface area contributed by atoms with Crippen LogP contribution in [0.15, 0.2) is 22.7 Å². The maximum Gasteiger partial charge on any atom is 0.305 e. The number of hydrogen-bond donors (Lipinski definition) is 2. The molecule has 1 atom stereocenters. The lowest BCUT2D eigenvalue weighted by molar-refractivity contribution is -0.137. The standard InChI is InChI=1S/C9H9BrFNO2/c10-6-3-1-2-5(9(6)11)7(12)4-8(13)14/h1-3,7H,4,12H2,(H,13,14)/t7-/m0/s1. The number of hydrogen-bond acceptors (Lipinski definition) is 2. The van der Waals surface area contributed by atoms with Gasteiger partial charge in [0, 0.05) is 11.6 Å². The topological polar surface area (TPSA) is 63.3 Å². The number of nitrogens with two attached hydrogens (primary N) is 1. The van der Waals surface area contributed by atoms with Gasteiger partial charge in [0.25, 0.3) is 0 Å². The SMILES string of the molecule is N[C@@H](CC(=O)O)c1cccc(Br)c1F. The monoisotopic (exact) mass is 261 g/mol. The molecule has 0 unspecified atom stereocenters. The van der Waals surface area contributed by atoms with Gasteiger partial charge in [-0.2, -0.15) is 0 Å². The molecule has 1 aromatic carbocycles. The van der Waals surface area contributed by atoms with E-state index in [1.807, 2.05) is 0 Å². The number of benzene rings is 1. The van der Waals surface area contributed by atoms with E-state index in [9.17, 15) is 9.18 Å². The second kappa shape index (κ2) is 4.52. The van der Waals surface area contributed by atoms with Crippen LogP contribution in [0, 0.1) is 5.82 Å². The van der Waals surface area contributed by atoms with Crippen LogP contribution in [0.4, 0.5) is 4.39 Å². The molecule has 0 amide bonds. The molecule has 1 aromatic rings. The average Bonchev–Trinajstić information content (AvgIpc) is 2.08. The molecule has 3 N–H and O–H groups in total. The van der Waals surface area contributed by atoms with Crippen LogP contribution < -0.4 is 5.73 Å². The minimum absolute atomic E-state index is 0.210. The average molecular weight is 262 g/mol. The molecule has 14 heavy (non-hydrogen) atoms. The smallest absolute Gasteiger partial charge is 0.305 e. The largest absolute Gasteiger partial charge is 0.481 e. The number of carbonyl (C=O) groups is 1. The lowest BCUT2D eigenvalue weighted by atomic mass is 10.0. The van der Waals surface area contributed by atoms with Crippen LogP contribution >= 0.6 is 15.9 Å². The van der Waals surface area contributed by atoms with Crippen LogP contribution in [0.25, 0.3) is 0 Å². The van der Waals surface area contributed by atoms with Gasteiger partial charge in [0.05, 0.1) is 10.9 Å². The molecule has 0 bridgehead atoms. The lowest BCUT2D eigenvalue weighted by Gasteiger charge is -2.10. The summed E-state index contributed by atoms with van der Waals surface area (Å²) in [5.74, 6) is -1.54. The Hall–Kier alpha value is -0.940. The molecule has 0 fully saturated rings. The zero-order valence-electron chi connectivity index (χ0n) is 7.21. The minimum atomic E-state index is -1.04. The van der Waals surface area contributed by atoms with Gasteiger partial charge in [-0.25, -0.2) is 4.39 Å². The van der Waals surface area contributed by atoms with Crippen molar-refractivity contribution in [1.29, 1.82) is 0 Å². The summed E-state index contributed by atoms with van der Waals surface area (Å²) in [5.41, 5.74) is 5.73. The molecule has 0 saturated heterocycles. The van der Waals surface area contributed by atoms with Crippen LogP contribution in [0.1, 0.15) is 18.0 Å². The molecule has 76 valence electrons. The summed E-state index contributed by atoms with van der Waals surface area (Å²) in [5, 5.41) is 8.49. The summed E-state index contributed by atoms with van der Waals surface area (Å²) >= 11 is 3.00. The Morgan fingerprint density at radius 1 is 1.64 bits per heavy atom. The molecular formula is C9H9BrFNO2. The number of aliphatic carboxylic acids is 1. The van der Waals surface area contributed by atoms with Gasteiger partial charge in [-0.1, -0.05) is 12.1 Å². The van der Waals surface area contributed by atoms with Crippen LogP contribution in [0.2, 0.25) is 0 Å². The van der Waals surface area contributed by atoms with Crippen molar-refractivity contribution in [2.45, 2.75) is 12.5 Å². The van der Waals surface area contributed by atoms with Crippen molar-refractivity contribution in [2.24, 2.45) is 5.73 Å². The summed E-state index contributed by atoms with van der Waals surface area (Å²) in [4.78, 5) is 10.4. The summed E-state index contributed by atoms with van der Waals surface area (Å²) in [6.45, 7) is 0. The molecular weight excluding hydrogens is 253 g/mol. The highest BCUT2D eigenvalue weighted by Gasteiger charge is 2.15. The van der Waals surface area contributed by atoms with Gasteiger partial charge in [0.2, 0.25) is 0 Å². The molecule has 0 radical (unpaired) electrons. The normalized spacial score (nSPS) is 12.5. The van der Waals surface area contributed by atoms with Crippen LogP contribution in [-0.2, 0) is 4.79 Å². The van der Waals surface area contributed by atoms with Gasteiger partial charge in [-0.3, -0.25) is 4.79 Å². The minimum Gasteiger partial charge on any atom is -0.481 e. The summed E-state index contributed by atoms with van der Waals surface area (Å²) in [6.07, 6.45) is -0.284. The Labute approximate surface area is 88.9 Å². The van der Waals surface area contributed by atoms with E-state index in [2.05, 4.69) is 15.9 Å². The van der Waals surface area contributed by atoms with Gasteiger partial charge < -0.3 is 10.8 Å². The molecule has 0 aliphatic heterocycles. The van der Waals surface area contributed by atoms with Gasteiger partial charge in [0.1, 0.15) is 5.82 Å². The predicted molar refractivity (Wildman–Crippen MR) is 53.3 cm³/mol. The van der Waals surface area contributed by atoms with E-state index in [0.717, 1.165) is 0 Å². The van der Waals surface area contributed by atoms with Crippen LogP contribution in [0.5, 0.6) is 0 Å². The highest BCUT2D eigenvalue weighted by atomic mass is 79.9. The van der Waals surface area contributed by atoms with E-state index in [1.54, 1.807) is 6.07 Å². The van der Waals surface area contributed by atoms with Crippen molar-refractivity contribution in [2.75, 3.05) is 0 Å². The van der Waals surface area contributed by atoms with Crippen molar-refractivity contribution in [3.05, 3.63) is 34.1 Å². The fourth-order valence-electron chi connectivity index (χ4n) is 1.10. The number of carboxylic acid groups (broad SMARTS) is 1. The fraction of sp³-hybridized carbons (Fsp3) is 0.222. The van der Waals surface area contributed by atoms with Crippen LogP contribution in [-0.4, -0.2) is 11.1 Å². The molecule has 3 nitrogen and oxygen atoms in total. The first-order valence-corrected chi connectivity index (χ1v) is 4.73. The Kier molecular flexibility index (Phi) is 3.60. The highest BCUT2D eigenvalue weighted by molar-refractivity contribution is 9.10. The summed E-state index contributed by atoms with van der Waals surface area (Å²) in [7, 11) is 0. The first-order valence-electron chi connectivity index (χ1n) is 3.93. The number of carboxylic acids is 1. The maximum atomic E-state index is 13.4. The molecule has 0 aromatic heterocycles. The quantitative estimate of drug-likeness (QED) is 0.876. The molecule has 0 spiro atoms. The molecule has 1 rings (SSSR count). The number of rotatable bonds is 3. The molecule has 5 heteroatoms. The Morgan fingerprint density at radius 2 is 2.29 bits per heavy atom. The summed E-state index contributed by atoms with van der Waals surface area (Å²) in [6, 6.07) is 3.81. The highest BCUT2D eigenvalue weighted by Crippen LogP contribution is 2.23. The third-order valence-electron chi connectivity index (χ3n) is 1.78. The molecule has 0 saturated carbocycles. The van der Waals surface area contributed by atoms with Crippen molar-refractivity contribution < 1.29 is 14.3 Å². The maximum absolute atomic E-state index is 13.4. The van der Waals surface area contributed by atoms with E-state index in [4.69, 9.17) is 10.8 Å². The van der Waals surface area contributed by atoms with Crippen molar-refractivity contribution in [3.63, 3.8) is 0 Å². The van der Waals surface area contributed by atoms with Crippen LogP contribution in [0.3, 0.4) is 0 Å². The summed E-state index contributed by atoms with van der Waals surface area (Å²) < 4.78 is 13.7. The zero-order valence-corrected chi connectivity index (χ0v) is 8.79. The Morgan fingerprint density at radius 3 is 2.86 bits per heavy atom. The van der Waals surface area contributed by atoms with Gasteiger partial charge in [0.15, 0.2) is 0 Å². The van der Waals surface area contributed by atoms with E-state index in [-0.39, 0.29) is 16.5 Å². The third kappa shape index (κ3) is 2.52. The van der Waals surface area contributed by atoms with E-state index >= 15 is 0 Å². The van der Waals surface area contributed by atoms with Gasteiger partial charge >= 0.3 is 5.97 Å². The molecule has 0 heterocycles. The molecule has 0 aliphatic carbocycles. The van der Waals surface area contributed by atoms with Crippen molar-refractivity contribution in [3.8, 4) is 0 Å². The Bertz CT molecular complexity index is 357. The van der Waals surface area contributed by atoms with Gasteiger partial charge in [-0.15, -0.1) is 0 Å². The fourth-order valence-corrected chi connectivity index (χ4v) is 1.49. The van der Waals surface area contributed by atoms with Crippen molar-refractivity contribution >= 4 is 21.9 Å². The second-order valence-corrected chi connectivity index (χ2v) is 3.70. The van der Waals surface area contributed by atoms with E-state index < -0.39 is 17.8 Å². The van der Waals surface area contributed by atoms with E-state index in [1.165, 1.54) is 12.1 Å². The predicted octanol–water partition coefficient (Wildman–Crippen LogP) is 2.06. The lowest BCUT2D eigenvalue weighted by Crippen LogP contribution is -2.16. The first kappa shape index (κ1) is 11.1.